The Kier molecular flexibility index (Phi) is 10.9. The number of hydrogen-bond acceptors (Lipinski definition) is 7. The fourth-order valence-electron chi connectivity index (χ4n) is 4.04. The predicted octanol–water partition coefficient (Wildman–Crippen LogP) is 3.61. The molecular formula is C28H32N2O6S. The van der Waals surface area contributed by atoms with Crippen LogP contribution in [-0.2, 0) is 40.9 Å². The summed E-state index contributed by atoms with van der Waals surface area (Å²) >= 11 is -1.62. The first-order valence-electron chi connectivity index (χ1n) is 12.1. The lowest BCUT2D eigenvalue weighted by Gasteiger charge is -2.30. The van der Waals surface area contributed by atoms with Gasteiger partial charge >= 0.3 is 0 Å². The predicted molar refractivity (Wildman–Crippen MR) is 142 cm³/mol. The van der Waals surface area contributed by atoms with Crippen molar-refractivity contribution in [1.82, 2.24) is 10.4 Å². The van der Waals surface area contributed by atoms with Crippen LogP contribution >= 0.6 is 0 Å². The number of hydroxylamine groups is 2. The van der Waals surface area contributed by atoms with Crippen molar-refractivity contribution in [3.63, 3.8) is 0 Å². The number of carbonyl (C=O) groups is 3. The van der Waals surface area contributed by atoms with E-state index in [1.54, 1.807) is 5.06 Å². The standard InChI is InChI=1S/C26H28N2O4S.C2H4O2/c1-19(29)25(17-20-7-3-2-4-8-20)27-26(30)22-13-15-28(16-14-22)32-33(31)24-12-11-21-9-5-6-10-23(21)18-24;1-4-2-3/h2-12,18,22,25H,13-17H2,1H3,(H,27,30);2H,1H3. The third-order valence-corrected chi connectivity index (χ3v) is 7.08. The molecular weight excluding hydrogens is 492 g/mol. The molecule has 1 saturated heterocycles. The first-order valence-corrected chi connectivity index (χ1v) is 13.1. The minimum atomic E-state index is -1.62. The van der Waals surface area contributed by atoms with E-state index in [1.165, 1.54) is 14.0 Å². The lowest BCUT2D eigenvalue weighted by molar-refractivity contribution is -0.133. The van der Waals surface area contributed by atoms with E-state index in [0.717, 1.165) is 16.3 Å². The van der Waals surface area contributed by atoms with Crippen LogP contribution in [0.3, 0.4) is 0 Å². The van der Waals surface area contributed by atoms with E-state index in [4.69, 9.17) is 9.08 Å². The molecule has 2 atom stereocenters. The second kappa shape index (κ2) is 14.4. The van der Waals surface area contributed by atoms with Crippen molar-refractivity contribution >= 4 is 40.0 Å². The van der Waals surface area contributed by atoms with Crippen molar-refractivity contribution in [2.24, 2.45) is 5.92 Å². The van der Waals surface area contributed by atoms with Crippen LogP contribution in [0.4, 0.5) is 0 Å². The van der Waals surface area contributed by atoms with Gasteiger partial charge in [-0.2, -0.15) is 9.35 Å². The molecule has 3 aromatic carbocycles. The van der Waals surface area contributed by atoms with Crippen LogP contribution in [0, 0.1) is 5.92 Å². The molecule has 1 aliphatic rings. The summed E-state index contributed by atoms with van der Waals surface area (Å²) in [6, 6.07) is 22.7. The summed E-state index contributed by atoms with van der Waals surface area (Å²) in [5.41, 5.74) is 1.01. The summed E-state index contributed by atoms with van der Waals surface area (Å²) in [7, 11) is 1.31. The molecule has 0 saturated carbocycles. The smallest absolute Gasteiger partial charge is 0.292 e. The second-order valence-corrected chi connectivity index (χ2v) is 9.80. The second-order valence-electron chi connectivity index (χ2n) is 8.71. The third-order valence-electron chi connectivity index (χ3n) is 6.10. The highest BCUT2D eigenvalue weighted by Gasteiger charge is 2.29. The van der Waals surface area contributed by atoms with Gasteiger partial charge in [-0.05, 0) is 54.7 Å². The molecule has 1 fully saturated rings. The van der Waals surface area contributed by atoms with E-state index in [9.17, 15) is 13.8 Å². The summed E-state index contributed by atoms with van der Waals surface area (Å²) < 4.78 is 22.2. The molecule has 8 nitrogen and oxygen atoms in total. The van der Waals surface area contributed by atoms with Crippen molar-refractivity contribution in [2.75, 3.05) is 20.2 Å². The Morgan fingerprint density at radius 2 is 1.65 bits per heavy atom. The van der Waals surface area contributed by atoms with Gasteiger partial charge in [0.15, 0.2) is 5.78 Å². The molecule has 1 N–H and O–H groups in total. The van der Waals surface area contributed by atoms with Gasteiger partial charge in [-0.25, -0.2) is 4.21 Å². The Bertz CT molecular complexity index is 1210. The normalized spacial score (nSPS) is 15.6. The fraction of sp³-hybridized carbons (Fsp3) is 0.321. The van der Waals surface area contributed by atoms with E-state index in [-0.39, 0.29) is 17.6 Å². The first kappa shape index (κ1) is 28.2. The molecule has 0 radical (unpaired) electrons. The number of methoxy groups -OCH3 is 1. The number of ketones is 1. The van der Waals surface area contributed by atoms with Gasteiger partial charge in [0, 0.05) is 19.0 Å². The van der Waals surface area contributed by atoms with Gasteiger partial charge in [0.05, 0.1) is 18.0 Å². The van der Waals surface area contributed by atoms with Crippen LogP contribution < -0.4 is 5.32 Å². The van der Waals surface area contributed by atoms with Crippen LogP contribution in [0.5, 0.6) is 0 Å². The molecule has 1 aliphatic heterocycles. The van der Waals surface area contributed by atoms with E-state index >= 15 is 0 Å². The number of Topliss-reactive ketones (excluding diaryl/α,β-unsaturated/α-hetero) is 1. The lowest BCUT2D eigenvalue weighted by atomic mass is 9.95. The number of rotatable bonds is 9. The number of benzene rings is 3. The maximum atomic E-state index is 12.8. The number of nitrogens with zero attached hydrogens (tertiary/aromatic N) is 1. The van der Waals surface area contributed by atoms with Gasteiger partial charge < -0.3 is 10.1 Å². The Balaban J connectivity index is 0.000000886. The molecule has 196 valence electrons. The minimum absolute atomic E-state index is 0.0567. The third kappa shape index (κ3) is 8.59. The van der Waals surface area contributed by atoms with Gasteiger partial charge in [0.25, 0.3) is 6.47 Å². The summed E-state index contributed by atoms with van der Waals surface area (Å²) in [4.78, 5) is 34.4. The number of fused-ring (bicyclic) bond motifs is 1. The highest BCUT2D eigenvalue weighted by molar-refractivity contribution is 7.80. The summed E-state index contributed by atoms with van der Waals surface area (Å²) in [6.45, 7) is 2.88. The number of nitrogens with one attached hydrogen (secondary N) is 1. The van der Waals surface area contributed by atoms with Gasteiger partial charge in [0.1, 0.15) is 0 Å². The molecule has 1 heterocycles. The topological polar surface area (TPSA) is 102 Å². The summed E-state index contributed by atoms with van der Waals surface area (Å²) in [6.07, 6.45) is 1.64. The minimum Gasteiger partial charge on any atom is -0.471 e. The van der Waals surface area contributed by atoms with E-state index in [2.05, 4.69) is 10.1 Å². The van der Waals surface area contributed by atoms with E-state index in [0.29, 0.717) is 43.7 Å². The maximum absolute atomic E-state index is 12.8. The summed E-state index contributed by atoms with van der Waals surface area (Å²) in [5, 5.41) is 6.69. The van der Waals surface area contributed by atoms with Crippen LogP contribution in [0.1, 0.15) is 25.3 Å². The monoisotopic (exact) mass is 524 g/mol. The lowest BCUT2D eigenvalue weighted by Crippen LogP contribution is -2.47. The van der Waals surface area contributed by atoms with Crippen LogP contribution in [-0.4, -0.2) is 53.7 Å². The molecule has 0 spiro atoms. The van der Waals surface area contributed by atoms with E-state index in [1.807, 2.05) is 72.8 Å². The van der Waals surface area contributed by atoms with Gasteiger partial charge in [-0.15, -0.1) is 0 Å². The zero-order valence-electron chi connectivity index (χ0n) is 21.0. The number of ether oxygens (including phenoxy) is 1. The highest BCUT2D eigenvalue weighted by atomic mass is 32.2. The molecule has 2 unspecified atom stereocenters. The highest BCUT2D eigenvalue weighted by Crippen LogP contribution is 2.22. The Morgan fingerprint density at radius 3 is 2.27 bits per heavy atom. The van der Waals surface area contributed by atoms with Crippen molar-refractivity contribution in [3.05, 3.63) is 78.4 Å². The van der Waals surface area contributed by atoms with Crippen molar-refractivity contribution in [1.29, 1.82) is 0 Å². The Hall–Kier alpha value is -3.40. The van der Waals surface area contributed by atoms with Crippen LogP contribution in [0.15, 0.2) is 77.7 Å². The summed E-state index contributed by atoms with van der Waals surface area (Å²) in [5.74, 6) is -0.364. The average molecular weight is 525 g/mol. The zero-order valence-corrected chi connectivity index (χ0v) is 21.8. The molecule has 37 heavy (non-hydrogen) atoms. The van der Waals surface area contributed by atoms with Crippen molar-refractivity contribution in [3.8, 4) is 0 Å². The SMILES string of the molecule is CC(=O)C(Cc1ccccc1)NC(=O)C1CCN(OS(=O)c2ccc3ccccc3c2)CC1.COC=O. The van der Waals surface area contributed by atoms with Crippen molar-refractivity contribution in [2.45, 2.75) is 37.1 Å². The first-order chi connectivity index (χ1) is 17.9. The largest absolute Gasteiger partial charge is 0.471 e. The average Bonchev–Trinajstić information content (AvgIpc) is 2.93. The molecule has 3 aromatic rings. The molecule has 0 aliphatic carbocycles. The van der Waals surface area contributed by atoms with E-state index < -0.39 is 17.1 Å². The van der Waals surface area contributed by atoms with Gasteiger partial charge in [-0.3, -0.25) is 14.4 Å². The number of hydrogen-bond donors (Lipinski definition) is 1. The molecule has 0 bridgehead atoms. The molecule has 4 rings (SSSR count). The van der Waals surface area contributed by atoms with Crippen LogP contribution in [0.25, 0.3) is 10.8 Å². The number of amides is 1. The molecule has 9 heteroatoms. The Labute approximate surface area is 219 Å². The quantitative estimate of drug-likeness (QED) is 0.427. The zero-order chi connectivity index (χ0) is 26.6. The Morgan fingerprint density at radius 1 is 1.03 bits per heavy atom. The van der Waals surface area contributed by atoms with Crippen LogP contribution in [0.2, 0.25) is 0 Å². The maximum Gasteiger partial charge on any atom is 0.292 e. The number of carbonyl (C=O) groups excluding carboxylic acids is 3. The molecule has 1 amide bonds. The fourth-order valence-corrected chi connectivity index (χ4v) is 4.87. The van der Waals surface area contributed by atoms with Crippen molar-refractivity contribution < 1.29 is 27.6 Å². The molecule has 0 aromatic heterocycles. The van der Waals surface area contributed by atoms with Gasteiger partial charge in [0.2, 0.25) is 17.0 Å². The van der Waals surface area contributed by atoms with Gasteiger partial charge in [-0.1, -0.05) is 60.7 Å². The number of piperidine rings is 1.